The third kappa shape index (κ3) is 6.27. The number of carbonyl (C=O) groups is 1. The predicted molar refractivity (Wildman–Crippen MR) is 162 cm³/mol. The van der Waals surface area contributed by atoms with Crippen LogP contribution in [0.5, 0.6) is 5.75 Å². The van der Waals surface area contributed by atoms with Crippen LogP contribution in [-0.4, -0.2) is 59.9 Å². The van der Waals surface area contributed by atoms with E-state index in [0.29, 0.717) is 5.92 Å². The first-order valence-electron chi connectivity index (χ1n) is 14.4. The molecule has 0 unspecified atom stereocenters. The third-order valence-electron chi connectivity index (χ3n) is 7.64. The standard InChI is InChI=1S/C33H47N3O3/c1-21(2)10-12-24-19-27-30(25-13-11-22(3)18-28(25)39-33(5,6)7)26(20-29(37)38)23(4)31-32(27)36(24)17-16-35(31)15-14-34(8)9/h11,13,18-19,21H,10,12,14-17,20H2,1-9H3,(H,37,38). The Morgan fingerprint density at radius 2 is 1.85 bits per heavy atom. The predicted octanol–water partition coefficient (Wildman–Crippen LogP) is 6.70. The number of ether oxygens (including phenoxy) is 1. The molecule has 0 amide bonds. The van der Waals surface area contributed by atoms with E-state index >= 15 is 0 Å². The molecule has 1 N–H and O–H groups in total. The SMILES string of the molecule is Cc1ccc(-c2c(CC(=O)O)c(C)c3c4c2cc(CCC(C)C)n4CCN3CCN(C)C)c(OC(C)(C)C)c1. The first-order chi connectivity index (χ1) is 18.3. The van der Waals surface area contributed by atoms with Crippen LogP contribution in [-0.2, 0) is 24.2 Å². The van der Waals surface area contributed by atoms with Crippen LogP contribution in [0, 0.1) is 19.8 Å². The topological polar surface area (TPSA) is 57.9 Å². The average Bonchev–Trinajstić information content (AvgIpc) is 3.18. The number of benzene rings is 2. The number of hydrogen-bond acceptors (Lipinski definition) is 4. The molecule has 1 aromatic heterocycles. The summed E-state index contributed by atoms with van der Waals surface area (Å²) >= 11 is 0. The molecule has 0 spiro atoms. The van der Waals surface area contributed by atoms with Crippen molar-refractivity contribution < 1.29 is 14.6 Å². The number of nitrogens with zero attached hydrogens (tertiary/aromatic N) is 3. The highest BCUT2D eigenvalue weighted by atomic mass is 16.5. The minimum atomic E-state index is -0.814. The summed E-state index contributed by atoms with van der Waals surface area (Å²) in [5.74, 6) is 0.607. The molecule has 6 nitrogen and oxygen atoms in total. The molecule has 6 heteroatoms. The van der Waals surface area contributed by atoms with Gasteiger partial charge in [0.1, 0.15) is 11.4 Å². The normalized spacial score (nSPS) is 13.7. The highest BCUT2D eigenvalue weighted by molar-refractivity contribution is 6.08. The number of carboxylic acids is 1. The molecule has 0 bridgehead atoms. The third-order valence-corrected chi connectivity index (χ3v) is 7.64. The number of aromatic nitrogens is 1. The van der Waals surface area contributed by atoms with E-state index in [0.717, 1.165) is 78.0 Å². The number of carboxylic acid groups (broad SMARTS) is 1. The van der Waals surface area contributed by atoms with Crippen molar-refractivity contribution in [1.29, 1.82) is 0 Å². The molecule has 0 radical (unpaired) electrons. The van der Waals surface area contributed by atoms with Crippen molar-refractivity contribution in [1.82, 2.24) is 9.47 Å². The van der Waals surface area contributed by atoms with E-state index in [9.17, 15) is 9.90 Å². The number of hydrogen-bond donors (Lipinski definition) is 1. The van der Waals surface area contributed by atoms with Gasteiger partial charge in [-0.2, -0.15) is 0 Å². The summed E-state index contributed by atoms with van der Waals surface area (Å²) in [6.07, 6.45) is 2.10. The Bertz CT molecular complexity index is 1360. The Morgan fingerprint density at radius 1 is 1.13 bits per heavy atom. The number of aryl methyl sites for hydroxylation is 2. The van der Waals surface area contributed by atoms with Gasteiger partial charge in [0.25, 0.3) is 0 Å². The maximum atomic E-state index is 12.3. The lowest BCUT2D eigenvalue weighted by Crippen LogP contribution is -2.37. The summed E-state index contributed by atoms with van der Waals surface area (Å²) < 4.78 is 9.03. The minimum Gasteiger partial charge on any atom is -0.487 e. The Balaban J connectivity index is 2.08. The van der Waals surface area contributed by atoms with Crippen molar-refractivity contribution in [2.75, 3.05) is 38.6 Å². The zero-order valence-corrected chi connectivity index (χ0v) is 25.4. The number of anilines is 1. The molecule has 0 saturated carbocycles. The van der Waals surface area contributed by atoms with Gasteiger partial charge in [-0.1, -0.05) is 26.0 Å². The molecule has 2 heterocycles. The van der Waals surface area contributed by atoms with Crippen LogP contribution < -0.4 is 9.64 Å². The van der Waals surface area contributed by atoms with Crippen LogP contribution in [0.1, 0.15) is 63.4 Å². The second-order valence-electron chi connectivity index (χ2n) is 12.9. The summed E-state index contributed by atoms with van der Waals surface area (Å²) in [6.45, 7) is 18.6. The van der Waals surface area contributed by atoms with Crippen LogP contribution in [0.25, 0.3) is 22.0 Å². The maximum Gasteiger partial charge on any atom is 0.307 e. The average molecular weight is 534 g/mol. The molecule has 212 valence electrons. The molecule has 2 aromatic carbocycles. The van der Waals surface area contributed by atoms with Crippen LogP contribution in [0.4, 0.5) is 5.69 Å². The maximum absolute atomic E-state index is 12.3. The first kappa shape index (κ1) is 29.0. The van der Waals surface area contributed by atoms with Crippen molar-refractivity contribution in [3.63, 3.8) is 0 Å². The molecule has 4 rings (SSSR count). The van der Waals surface area contributed by atoms with Gasteiger partial charge >= 0.3 is 5.97 Å². The fourth-order valence-electron chi connectivity index (χ4n) is 5.81. The van der Waals surface area contributed by atoms with Gasteiger partial charge in [-0.05, 0) is 102 Å². The van der Waals surface area contributed by atoms with Gasteiger partial charge in [0.2, 0.25) is 0 Å². The molecule has 1 aliphatic heterocycles. The molecule has 0 aliphatic carbocycles. The second-order valence-corrected chi connectivity index (χ2v) is 12.9. The quantitative estimate of drug-likeness (QED) is 0.314. The van der Waals surface area contributed by atoms with Crippen molar-refractivity contribution >= 4 is 22.6 Å². The van der Waals surface area contributed by atoms with Gasteiger partial charge in [0.05, 0.1) is 17.6 Å². The van der Waals surface area contributed by atoms with Gasteiger partial charge in [0, 0.05) is 42.8 Å². The molecule has 0 saturated heterocycles. The van der Waals surface area contributed by atoms with E-state index < -0.39 is 5.97 Å². The van der Waals surface area contributed by atoms with E-state index in [2.05, 4.69) is 101 Å². The van der Waals surface area contributed by atoms with Crippen LogP contribution in [0.2, 0.25) is 0 Å². The molecule has 0 atom stereocenters. The van der Waals surface area contributed by atoms with Crippen molar-refractivity contribution in [3.05, 3.63) is 46.6 Å². The lowest BCUT2D eigenvalue weighted by molar-refractivity contribution is -0.136. The molecule has 0 fully saturated rings. The van der Waals surface area contributed by atoms with Gasteiger partial charge in [-0.25, -0.2) is 0 Å². The summed E-state index contributed by atoms with van der Waals surface area (Å²) in [7, 11) is 4.21. The van der Waals surface area contributed by atoms with E-state index in [1.54, 1.807) is 0 Å². The minimum absolute atomic E-state index is 0.0268. The number of aliphatic carboxylic acids is 1. The van der Waals surface area contributed by atoms with Gasteiger partial charge in [-0.3, -0.25) is 4.79 Å². The van der Waals surface area contributed by atoms with E-state index in [4.69, 9.17) is 4.74 Å². The zero-order valence-electron chi connectivity index (χ0n) is 25.4. The van der Waals surface area contributed by atoms with Crippen molar-refractivity contribution in [2.45, 2.75) is 79.9 Å². The lowest BCUT2D eigenvalue weighted by Gasteiger charge is -2.35. The summed E-state index contributed by atoms with van der Waals surface area (Å²) in [5.41, 5.74) is 8.44. The lowest BCUT2D eigenvalue weighted by atomic mass is 9.87. The summed E-state index contributed by atoms with van der Waals surface area (Å²) in [5, 5.41) is 11.2. The summed E-state index contributed by atoms with van der Waals surface area (Å²) in [4.78, 5) is 17.0. The van der Waals surface area contributed by atoms with Crippen molar-refractivity contribution in [2.24, 2.45) is 5.92 Å². The number of likely N-dealkylation sites (N-methyl/N-ethyl adjacent to an activating group) is 1. The van der Waals surface area contributed by atoms with Crippen LogP contribution >= 0.6 is 0 Å². The monoisotopic (exact) mass is 533 g/mol. The van der Waals surface area contributed by atoms with E-state index in [-0.39, 0.29) is 12.0 Å². The Morgan fingerprint density at radius 3 is 2.46 bits per heavy atom. The largest absolute Gasteiger partial charge is 0.487 e. The highest BCUT2D eigenvalue weighted by Crippen LogP contribution is 2.47. The molecular weight excluding hydrogens is 486 g/mol. The van der Waals surface area contributed by atoms with Gasteiger partial charge in [0.15, 0.2) is 0 Å². The Hall–Kier alpha value is -2.99. The first-order valence-corrected chi connectivity index (χ1v) is 14.4. The van der Waals surface area contributed by atoms with E-state index in [1.165, 1.54) is 16.9 Å². The number of rotatable bonds is 10. The van der Waals surface area contributed by atoms with Gasteiger partial charge < -0.3 is 24.2 Å². The Kier molecular flexibility index (Phi) is 8.36. The Labute approximate surface area is 234 Å². The highest BCUT2D eigenvalue weighted by Gasteiger charge is 2.31. The van der Waals surface area contributed by atoms with Crippen molar-refractivity contribution in [3.8, 4) is 16.9 Å². The van der Waals surface area contributed by atoms with Crippen LogP contribution in [0.3, 0.4) is 0 Å². The van der Waals surface area contributed by atoms with Gasteiger partial charge in [-0.15, -0.1) is 0 Å². The summed E-state index contributed by atoms with van der Waals surface area (Å²) in [6, 6.07) is 8.66. The fourth-order valence-corrected chi connectivity index (χ4v) is 5.81. The molecule has 1 aliphatic rings. The smallest absolute Gasteiger partial charge is 0.307 e. The molecule has 3 aromatic rings. The second kappa shape index (κ2) is 11.2. The van der Waals surface area contributed by atoms with Crippen LogP contribution in [0.15, 0.2) is 24.3 Å². The molecular formula is C33H47N3O3. The molecule has 39 heavy (non-hydrogen) atoms. The fraction of sp³-hybridized carbons (Fsp3) is 0.545. The van der Waals surface area contributed by atoms with E-state index in [1.807, 2.05) is 0 Å². The zero-order chi connectivity index (χ0) is 28.6.